The third kappa shape index (κ3) is 4.20. The van der Waals surface area contributed by atoms with Crippen molar-refractivity contribution in [3.8, 4) is 5.75 Å². The normalized spacial score (nSPS) is 29.6. The molecule has 0 radical (unpaired) electrons. The Morgan fingerprint density at radius 2 is 1.74 bits per heavy atom. The summed E-state index contributed by atoms with van der Waals surface area (Å²) in [6.07, 6.45) is 5.92. The molecule has 4 bridgehead atoms. The predicted octanol–water partition coefficient (Wildman–Crippen LogP) is 6.45. The number of benzene rings is 2. The van der Waals surface area contributed by atoms with E-state index in [1.54, 1.807) is 13.2 Å². The van der Waals surface area contributed by atoms with Crippen LogP contribution in [0.4, 0.5) is 0 Å². The minimum atomic E-state index is -0.413. The molecule has 2 aromatic carbocycles. The van der Waals surface area contributed by atoms with Crippen LogP contribution < -0.4 is 10.2 Å². The Kier molecular flexibility index (Phi) is 6.44. The first-order valence-corrected chi connectivity index (χ1v) is 14.1. The Morgan fingerprint density at radius 3 is 2.37 bits per heavy atom. The van der Waals surface area contributed by atoms with Crippen molar-refractivity contribution in [2.75, 3.05) is 7.11 Å². The van der Waals surface area contributed by atoms with Crippen LogP contribution in [-0.4, -0.2) is 31.7 Å². The SMILES string of the molecule is CO/C(=C1\C2CC3CC(C2)C1C3)c1ccc(C=O)c(OCc2ccc(B3OC(C)(C)C(C)(C)O3)cc2)c1Cl. The van der Waals surface area contributed by atoms with Crippen molar-refractivity contribution >= 4 is 36.2 Å². The molecule has 7 rings (SSSR count). The number of rotatable bonds is 7. The Morgan fingerprint density at radius 1 is 1.03 bits per heavy atom. The Labute approximate surface area is 231 Å². The fourth-order valence-electron chi connectivity index (χ4n) is 7.12. The lowest BCUT2D eigenvalue weighted by molar-refractivity contribution is 0.00578. The fourth-order valence-corrected chi connectivity index (χ4v) is 7.44. The highest BCUT2D eigenvalue weighted by molar-refractivity contribution is 6.62. The van der Waals surface area contributed by atoms with Gasteiger partial charge in [-0.25, -0.2) is 0 Å². The van der Waals surface area contributed by atoms with Gasteiger partial charge in [0.2, 0.25) is 0 Å². The number of carbonyl (C=O) groups excluding carboxylic acids is 1. The minimum absolute atomic E-state index is 0.279. The van der Waals surface area contributed by atoms with Crippen LogP contribution in [0.25, 0.3) is 5.76 Å². The summed E-state index contributed by atoms with van der Waals surface area (Å²) >= 11 is 6.95. The lowest BCUT2D eigenvalue weighted by Crippen LogP contribution is -2.41. The molecule has 4 unspecified atom stereocenters. The molecule has 1 saturated heterocycles. The molecule has 1 heterocycles. The molecule has 5 fully saturated rings. The van der Waals surface area contributed by atoms with Gasteiger partial charge in [0.25, 0.3) is 0 Å². The zero-order chi connectivity index (χ0) is 26.8. The Bertz CT molecular complexity index is 1260. The summed E-state index contributed by atoms with van der Waals surface area (Å²) in [5.41, 5.74) is 3.81. The van der Waals surface area contributed by atoms with Crippen LogP contribution >= 0.6 is 11.6 Å². The van der Waals surface area contributed by atoms with Gasteiger partial charge in [-0.2, -0.15) is 0 Å². The monoisotopic (exact) mass is 534 g/mol. The first-order chi connectivity index (χ1) is 18.1. The van der Waals surface area contributed by atoms with Crippen molar-refractivity contribution in [1.82, 2.24) is 0 Å². The topological polar surface area (TPSA) is 54.0 Å². The molecule has 0 spiro atoms. The lowest BCUT2D eigenvalue weighted by atomic mass is 9.78. The van der Waals surface area contributed by atoms with Crippen molar-refractivity contribution in [1.29, 1.82) is 0 Å². The minimum Gasteiger partial charge on any atom is -0.496 e. The average Bonchev–Trinajstić information content (AvgIpc) is 3.40. The summed E-state index contributed by atoms with van der Waals surface area (Å²) in [7, 11) is 1.32. The van der Waals surface area contributed by atoms with Crippen molar-refractivity contribution < 1.29 is 23.6 Å². The molecule has 2 aromatic rings. The van der Waals surface area contributed by atoms with Crippen LogP contribution in [-0.2, 0) is 20.7 Å². The number of hydrogen-bond acceptors (Lipinski definition) is 5. The van der Waals surface area contributed by atoms with Crippen molar-refractivity contribution in [2.45, 2.75) is 71.2 Å². The number of halogens is 1. The molecular weight excluding hydrogens is 499 g/mol. The van der Waals surface area contributed by atoms with E-state index in [-0.39, 0.29) is 17.8 Å². The molecule has 7 heteroatoms. The smallest absolute Gasteiger partial charge is 0.494 e. The van der Waals surface area contributed by atoms with E-state index >= 15 is 0 Å². The third-order valence-corrected chi connectivity index (χ3v) is 10.1. The van der Waals surface area contributed by atoms with E-state index in [9.17, 15) is 4.79 Å². The molecule has 5 aliphatic rings. The van der Waals surface area contributed by atoms with E-state index in [4.69, 9.17) is 30.4 Å². The zero-order valence-electron chi connectivity index (χ0n) is 22.9. The molecule has 38 heavy (non-hydrogen) atoms. The van der Waals surface area contributed by atoms with Crippen LogP contribution in [0.5, 0.6) is 5.75 Å². The summed E-state index contributed by atoms with van der Waals surface area (Å²) in [5, 5.41) is 0.435. The quantitative estimate of drug-likeness (QED) is 0.232. The second-order valence-corrected chi connectivity index (χ2v) is 12.8. The number of aldehydes is 1. The predicted molar refractivity (Wildman–Crippen MR) is 150 cm³/mol. The molecule has 200 valence electrons. The molecule has 0 aromatic heterocycles. The van der Waals surface area contributed by atoms with E-state index in [1.165, 1.54) is 31.3 Å². The number of allylic oxidation sites excluding steroid dienone is 1. The molecule has 4 atom stereocenters. The Balaban J connectivity index is 1.23. The van der Waals surface area contributed by atoms with E-state index in [1.807, 2.05) is 58.0 Å². The van der Waals surface area contributed by atoms with Gasteiger partial charge in [0.1, 0.15) is 18.1 Å². The van der Waals surface area contributed by atoms with Crippen LogP contribution in [0, 0.1) is 23.7 Å². The summed E-state index contributed by atoms with van der Waals surface area (Å²) in [6, 6.07) is 11.7. The molecular formula is C31H36BClO5. The lowest BCUT2D eigenvalue weighted by Gasteiger charge is -2.32. The van der Waals surface area contributed by atoms with Gasteiger partial charge in [-0.05, 0) is 106 Å². The van der Waals surface area contributed by atoms with E-state index in [0.717, 1.165) is 40.5 Å². The third-order valence-electron chi connectivity index (χ3n) is 9.69. The zero-order valence-corrected chi connectivity index (χ0v) is 23.6. The van der Waals surface area contributed by atoms with Gasteiger partial charge >= 0.3 is 7.12 Å². The highest BCUT2D eigenvalue weighted by Crippen LogP contribution is 2.62. The van der Waals surface area contributed by atoms with E-state index < -0.39 is 7.12 Å². The van der Waals surface area contributed by atoms with Crippen molar-refractivity contribution in [3.63, 3.8) is 0 Å². The van der Waals surface area contributed by atoms with E-state index in [2.05, 4.69) is 0 Å². The second-order valence-electron chi connectivity index (χ2n) is 12.4. The van der Waals surface area contributed by atoms with Gasteiger partial charge in [0.15, 0.2) is 6.29 Å². The first-order valence-electron chi connectivity index (χ1n) is 13.7. The highest BCUT2D eigenvalue weighted by atomic mass is 35.5. The summed E-state index contributed by atoms with van der Waals surface area (Å²) < 4.78 is 24.5. The molecule has 4 aliphatic carbocycles. The number of ether oxygens (including phenoxy) is 2. The van der Waals surface area contributed by atoms with Gasteiger partial charge < -0.3 is 18.8 Å². The highest BCUT2D eigenvalue weighted by Gasteiger charge is 2.53. The van der Waals surface area contributed by atoms with Crippen LogP contribution in [0.1, 0.15) is 74.9 Å². The van der Waals surface area contributed by atoms with Crippen LogP contribution in [0.2, 0.25) is 5.02 Å². The molecule has 0 N–H and O–H groups in total. The number of methoxy groups -OCH3 is 1. The Hall–Kier alpha value is -2.28. The number of carbonyl (C=O) groups is 1. The summed E-state index contributed by atoms with van der Waals surface area (Å²) in [5.74, 6) is 4.11. The largest absolute Gasteiger partial charge is 0.496 e. The van der Waals surface area contributed by atoms with Crippen LogP contribution in [0.3, 0.4) is 0 Å². The molecule has 4 saturated carbocycles. The van der Waals surface area contributed by atoms with E-state index in [0.29, 0.717) is 28.2 Å². The van der Waals surface area contributed by atoms with Gasteiger partial charge in [-0.3, -0.25) is 4.79 Å². The standard InChI is InChI=1S/C31H36BClO5/c1-30(2)31(3,4)38-32(37-30)23-9-6-18(7-10-23)17-36-28-20(16-34)8-11-24(27(28)33)29(35-5)26-22-13-19-12-21(15-22)25(26)14-19/h6-11,16,19,21-22,25H,12-15,17H2,1-5H3/b29-26+. The number of hydrogen-bond donors (Lipinski definition) is 0. The maximum atomic E-state index is 11.9. The fraction of sp³-hybridized carbons (Fsp3) is 0.516. The van der Waals surface area contributed by atoms with Crippen LogP contribution in [0.15, 0.2) is 42.0 Å². The van der Waals surface area contributed by atoms with Gasteiger partial charge in [0, 0.05) is 5.56 Å². The summed E-state index contributed by atoms with van der Waals surface area (Å²) in [4.78, 5) is 11.9. The van der Waals surface area contributed by atoms with Crippen molar-refractivity contribution in [3.05, 3.63) is 63.7 Å². The second kappa shape index (κ2) is 9.43. The average molecular weight is 535 g/mol. The van der Waals surface area contributed by atoms with Gasteiger partial charge in [-0.1, -0.05) is 35.9 Å². The van der Waals surface area contributed by atoms with Gasteiger partial charge in [-0.15, -0.1) is 0 Å². The van der Waals surface area contributed by atoms with Gasteiger partial charge in [0.05, 0.1) is 28.9 Å². The molecule has 0 amide bonds. The summed E-state index contributed by atoms with van der Waals surface area (Å²) in [6.45, 7) is 8.46. The molecule has 1 aliphatic heterocycles. The first kappa shape index (κ1) is 26.0. The maximum Gasteiger partial charge on any atom is 0.494 e. The van der Waals surface area contributed by atoms with Crippen molar-refractivity contribution in [2.24, 2.45) is 23.7 Å². The maximum absolute atomic E-state index is 11.9. The molecule has 5 nitrogen and oxygen atoms in total.